The number of sulfonamides is 1. The normalized spacial score (nSPS) is 10.7. The minimum absolute atomic E-state index is 0.0595. The van der Waals surface area contributed by atoms with Gasteiger partial charge in [0.15, 0.2) is 0 Å². The van der Waals surface area contributed by atoms with Gasteiger partial charge in [-0.2, -0.15) is 0 Å². The second-order valence-corrected chi connectivity index (χ2v) is 7.60. The van der Waals surface area contributed by atoms with Gasteiger partial charge in [-0.1, -0.05) is 24.0 Å². The van der Waals surface area contributed by atoms with Crippen molar-refractivity contribution < 1.29 is 17.6 Å². The van der Waals surface area contributed by atoms with E-state index in [0.717, 1.165) is 0 Å². The Morgan fingerprint density at radius 2 is 1.85 bits per heavy atom. The van der Waals surface area contributed by atoms with E-state index >= 15 is 0 Å². The lowest BCUT2D eigenvalue weighted by molar-refractivity contribution is 0.0827. The van der Waals surface area contributed by atoms with Crippen LogP contribution in [0.3, 0.4) is 0 Å². The smallest absolute Gasteiger partial charge is 0.253 e. The predicted molar refractivity (Wildman–Crippen MR) is 98.4 cm³/mol. The second kappa shape index (κ2) is 8.61. The van der Waals surface area contributed by atoms with Gasteiger partial charge >= 0.3 is 0 Å². The van der Waals surface area contributed by atoms with Gasteiger partial charge in [0.25, 0.3) is 5.91 Å². The number of carbonyl (C=O) groups excluding carboxylic acids is 1. The number of nitrogens with zero attached hydrogens (tertiary/aromatic N) is 1. The van der Waals surface area contributed by atoms with Crippen molar-refractivity contribution in [2.75, 3.05) is 20.6 Å². The van der Waals surface area contributed by atoms with Gasteiger partial charge in [0.1, 0.15) is 5.82 Å². The molecule has 0 unspecified atom stereocenters. The lowest BCUT2D eigenvalue weighted by Crippen LogP contribution is -2.25. The van der Waals surface area contributed by atoms with Crippen LogP contribution in [0.4, 0.5) is 4.39 Å². The van der Waals surface area contributed by atoms with E-state index in [1.807, 2.05) is 0 Å². The zero-order valence-electron chi connectivity index (χ0n) is 14.5. The number of rotatable bonds is 5. The number of hydrogen-bond donors (Lipinski definition) is 1. The number of benzene rings is 2. The molecule has 2 rings (SSSR count). The van der Waals surface area contributed by atoms with Crippen LogP contribution < -0.4 is 4.72 Å². The monoisotopic (exact) mass is 374 g/mol. The van der Waals surface area contributed by atoms with Crippen LogP contribution in [-0.2, 0) is 15.8 Å². The summed E-state index contributed by atoms with van der Waals surface area (Å²) < 4.78 is 39.4. The summed E-state index contributed by atoms with van der Waals surface area (Å²) in [5.41, 5.74) is 1.59. The topological polar surface area (TPSA) is 66.5 Å². The highest BCUT2D eigenvalue weighted by Crippen LogP contribution is 2.07. The molecule has 2 aromatic carbocycles. The summed E-state index contributed by atoms with van der Waals surface area (Å²) in [6.45, 7) is -0.0595. The van der Waals surface area contributed by atoms with E-state index in [-0.39, 0.29) is 18.2 Å². The molecule has 2 aromatic rings. The van der Waals surface area contributed by atoms with Crippen LogP contribution in [0.25, 0.3) is 0 Å². The Bertz CT molecular complexity index is 943. The Hall–Kier alpha value is -2.69. The molecular weight excluding hydrogens is 355 g/mol. The van der Waals surface area contributed by atoms with Gasteiger partial charge in [-0.15, -0.1) is 0 Å². The lowest BCUT2D eigenvalue weighted by atomic mass is 10.1. The fourth-order valence-electron chi connectivity index (χ4n) is 2.14. The van der Waals surface area contributed by atoms with Crippen LogP contribution in [0.15, 0.2) is 48.5 Å². The van der Waals surface area contributed by atoms with E-state index in [1.165, 1.54) is 23.1 Å². The van der Waals surface area contributed by atoms with E-state index in [2.05, 4.69) is 16.6 Å². The van der Waals surface area contributed by atoms with E-state index in [9.17, 15) is 17.6 Å². The van der Waals surface area contributed by atoms with Gasteiger partial charge in [-0.25, -0.2) is 17.5 Å². The van der Waals surface area contributed by atoms with Crippen LogP contribution in [0.5, 0.6) is 0 Å². The molecule has 26 heavy (non-hydrogen) atoms. The van der Waals surface area contributed by atoms with Crippen molar-refractivity contribution >= 4 is 15.9 Å². The van der Waals surface area contributed by atoms with Gasteiger partial charge in [0.05, 0.1) is 12.3 Å². The van der Waals surface area contributed by atoms with E-state index in [1.54, 1.807) is 44.4 Å². The van der Waals surface area contributed by atoms with Crippen LogP contribution in [0, 0.1) is 17.7 Å². The van der Waals surface area contributed by atoms with Crippen LogP contribution in [-0.4, -0.2) is 39.9 Å². The Labute approximate surface area is 152 Å². The zero-order valence-corrected chi connectivity index (χ0v) is 15.3. The van der Waals surface area contributed by atoms with Crippen molar-refractivity contribution in [3.05, 3.63) is 71.0 Å². The van der Waals surface area contributed by atoms with Crippen molar-refractivity contribution in [2.45, 2.75) is 5.75 Å². The highest BCUT2D eigenvalue weighted by Gasteiger charge is 2.10. The van der Waals surface area contributed by atoms with Crippen molar-refractivity contribution in [1.82, 2.24) is 9.62 Å². The molecule has 0 saturated carbocycles. The molecule has 1 amide bonds. The SMILES string of the molecule is CN(C)C(=O)c1ccc(C#CCNS(=O)(=O)Cc2cccc(F)c2)cc1. The van der Waals surface area contributed by atoms with Gasteiger partial charge in [-0.05, 0) is 42.0 Å². The summed E-state index contributed by atoms with van der Waals surface area (Å²) in [5.74, 6) is 4.65. The van der Waals surface area contributed by atoms with Gasteiger partial charge in [0.2, 0.25) is 10.0 Å². The highest BCUT2D eigenvalue weighted by molar-refractivity contribution is 7.88. The van der Waals surface area contributed by atoms with Crippen molar-refractivity contribution in [2.24, 2.45) is 0 Å². The van der Waals surface area contributed by atoms with Gasteiger partial charge in [0, 0.05) is 25.2 Å². The maximum absolute atomic E-state index is 13.1. The molecule has 0 spiro atoms. The molecule has 0 aliphatic heterocycles. The molecule has 1 N–H and O–H groups in total. The molecule has 0 heterocycles. The predicted octanol–water partition coefficient (Wildman–Crippen LogP) is 2.00. The summed E-state index contributed by atoms with van der Waals surface area (Å²) in [4.78, 5) is 13.3. The first kappa shape index (κ1) is 19.6. The van der Waals surface area contributed by atoms with Gasteiger partial charge < -0.3 is 4.90 Å². The second-order valence-electron chi connectivity index (χ2n) is 5.79. The largest absolute Gasteiger partial charge is 0.345 e. The third-order valence-electron chi connectivity index (χ3n) is 3.40. The quantitative estimate of drug-likeness (QED) is 0.814. The standard InChI is InChI=1S/C19H19FN2O3S/c1-22(2)19(23)17-10-8-15(9-11-17)6-4-12-21-26(24,25)14-16-5-3-7-18(20)13-16/h3,5,7-11,13,21H,12,14H2,1-2H3. The highest BCUT2D eigenvalue weighted by atomic mass is 32.2. The maximum atomic E-state index is 13.1. The first-order valence-corrected chi connectivity index (χ1v) is 9.44. The molecule has 0 atom stereocenters. The first-order valence-electron chi connectivity index (χ1n) is 7.79. The summed E-state index contributed by atoms with van der Waals surface area (Å²) in [5, 5.41) is 0. The van der Waals surface area contributed by atoms with Crippen molar-refractivity contribution in [3.63, 3.8) is 0 Å². The molecule has 0 bridgehead atoms. The molecular formula is C19H19FN2O3S. The molecule has 136 valence electrons. The summed E-state index contributed by atoms with van der Waals surface area (Å²) >= 11 is 0. The Morgan fingerprint density at radius 1 is 1.15 bits per heavy atom. The Balaban J connectivity index is 1.92. The zero-order chi connectivity index (χ0) is 19.2. The molecule has 0 fully saturated rings. The fraction of sp³-hybridized carbons (Fsp3) is 0.211. The number of amides is 1. The molecule has 7 heteroatoms. The van der Waals surface area contributed by atoms with Crippen molar-refractivity contribution in [3.8, 4) is 11.8 Å². The Kier molecular flexibility index (Phi) is 6.50. The third kappa shape index (κ3) is 5.99. The van der Waals surface area contributed by atoms with E-state index in [4.69, 9.17) is 0 Å². The number of hydrogen-bond acceptors (Lipinski definition) is 3. The Morgan fingerprint density at radius 3 is 2.46 bits per heavy atom. The van der Waals surface area contributed by atoms with Crippen LogP contribution in [0.1, 0.15) is 21.5 Å². The maximum Gasteiger partial charge on any atom is 0.253 e. The molecule has 0 aliphatic rings. The average molecular weight is 374 g/mol. The minimum atomic E-state index is -3.60. The summed E-state index contributed by atoms with van der Waals surface area (Å²) in [6, 6.07) is 12.2. The molecule has 0 aromatic heterocycles. The van der Waals surface area contributed by atoms with E-state index in [0.29, 0.717) is 16.7 Å². The minimum Gasteiger partial charge on any atom is -0.345 e. The number of nitrogens with one attached hydrogen (secondary N) is 1. The molecule has 5 nitrogen and oxygen atoms in total. The van der Waals surface area contributed by atoms with Crippen LogP contribution in [0.2, 0.25) is 0 Å². The van der Waals surface area contributed by atoms with Crippen molar-refractivity contribution in [1.29, 1.82) is 0 Å². The third-order valence-corrected chi connectivity index (χ3v) is 4.69. The first-order chi connectivity index (χ1) is 12.3. The number of carbonyl (C=O) groups is 1. The average Bonchev–Trinajstić information content (AvgIpc) is 2.58. The summed E-state index contributed by atoms with van der Waals surface area (Å²) in [7, 11) is -0.257. The molecule has 0 aliphatic carbocycles. The summed E-state index contributed by atoms with van der Waals surface area (Å²) in [6.07, 6.45) is 0. The van der Waals surface area contributed by atoms with E-state index < -0.39 is 15.8 Å². The fourth-order valence-corrected chi connectivity index (χ4v) is 3.16. The molecule has 0 radical (unpaired) electrons. The lowest BCUT2D eigenvalue weighted by Gasteiger charge is -2.09. The van der Waals surface area contributed by atoms with Gasteiger partial charge in [-0.3, -0.25) is 4.79 Å². The van der Waals surface area contributed by atoms with Crippen LogP contribution >= 0.6 is 0 Å². The molecule has 0 saturated heterocycles. The number of halogens is 1.